The Kier molecular flexibility index (Phi) is 9.54. The van der Waals surface area contributed by atoms with Gasteiger partial charge in [-0.05, 0) is 85.0 Å². The number of nitrogen functional groups attached to an aromatic ring is 1. The highest BCUT2D eigenvalue weighted by Crippen LogP contribution is 2.64. The summed E-state index contributed by atoms with van der Waals surface area (Å²) in [5, 5.41) is 0.880. The van der Waals surface area contributed by atoms with Gasteiger partial charge in [0.05, 0.1) is 0 Å². The lowest BCUT2D eigenvalue weighted by molar-refractivity contribution is 0.271. The van der Waals surface area contributed by atoms with Crippen molar-refractivity contribution < 1.29 is 0 Å². The number of halogens is 1. The van der Waals surface area contributed by atoms with Crippen molar-refractivity contribution in [2.45, 2.75) is 89.9 Å². The zero-order valence-electron chi connectivity index (χ0n) is 25.7. The first-order chi connectivity index (χ1) is 19.3. The van der Waals surface area contributed by atoms with E-state index in [1.165, 1.54) is 102 Å². The first-order valence-electron chi connectivity index (χ1n) is 16.4. The van der Waals surface area contributed by atoms with Crippen LogP contribution in [0, 0.1) is 23.7 Å². The maximum Gasteiger partial charge on any atom is 0.0408 e. The molecule has 4 aliphatic rings. The third kappa shape index (κ3) is 6.13. The standard InChI is InChI=1S/C18H26ClN.C18H28N2/c2*1-3-4-5-6-10-20-12-16-17(13-20)18(16,2)14-8-7-9-15(19)11-14/h7-9,11,16-17H,3-6,10,12-13H2,1-2H3;7-9,11,16-17H,3-6,10,12-13,19H2,1-2H3. The minimum absolute atomic E-state index is 0.394. The molecule has 2 saturated heterocycles. The number of piperidine rings is 2. The summed E-state index contributed by atoms with van der Waals surface area (Å²) in [7, 11) is 0. The SMILES string of the molecule is CCCCCCN1CC2C(C1)C2(C)c1cccc(Cl)c1.CCCCCCN1CC2C(C1)C2(C)c1cccc(N)c1. The van der Waals surface area contributed by atoms with Crippen molar-refractivity contribution in [1.82, 2.24) is 9.80 Å². The molecule has 4 fully saturated rings. The van der Waals surface area contributed by atoms with E-state index in [1.54, 1.807) is 0 Å². The van der Waals surface area contributed by atoms with Crippen LogP contribution in [0.2, 0.25) is 5.02 Å². The van der Waals surface area contributed by atoms with E-state index in [-0.39, 0.29) is 0 Å². The second kappa shape index (κ2) is 12.8. The molecule has 2 heterocycles. The Hall–Kier alpha value is -1.55. The van der Waals surface area contributed by atoms with E-state index in [2.05, 4.69) is 73.9 Å². The predicted octanol–water partition coefficient (Wildman–Crippen LogP) is 8.41. The van der Waals surface area contributed by atoms with Crippen molar-refractivity contribution in [2.24, 2.45) is 23.7 Å². The molecule has 4 unspecified atom stereocenters. The monoisotopic (exact) mass is 563 g/mol. The second-order valence-electron chi connectivity index (χ2n) is 13.8. The zero-order valence-corrected chi connectivity index (χ0v) is 26.4. The summed E-state index contributed by atoms with van der Waals surface area (Å²) in [5.74, 6) is 3.42. The topological polar surface area (TPSA) is 32.5 Å². The molecule has 3 nitrogen and oxygen atoms in total. The number of benzene rings is 2. The highest BCUT2D eigenvalue weighted by molar-refractivity contribution is 6.30. The van der Waals surface area contributed by atoms with Crippen LogP contribution in [0.1, 0.15) is 90.2 Å². The largest absolute Gasteiger partial charge is 0.399 e. The highest BCUT2D eigenvalue weighted by Gasteiger charge is 2.66. The van der Waals surface area contributed by atoms with Gasteiger partial charge < -0.3 is 15.5 Å². The van der Waals surface area contributed by atoms with Crippen LogP contribution in [-0.4, -0.2) is 49.1 Å². The Morgan fingerprint density at radius 2 is 1.12 bits per heavy atom. The van der Waals surface area contributed by atoms with Crippen molar-refractivity contribution in [1.29, 1.82) is 0 Å². The lowest BCUT2D eigenvalue weighted by Crippen LogP contribution is -2.29. The number of nitrogens with two attached hydrogens (primary N) is 1. The van der Waals surface area contributed by atoms with E-state index in [4.69, 9.17) is 17.3 Å². The number of unbranched alkanes of at least 4 members (excludes halogenated alkanes) is 6. The molecule has 4 heteroatoms. The van der Waals surface area contributed by atoms with Crippen molar-refractivity contribution >= 4 is 17.3 Å². The van der Waals surface area contributed by atoms with Crippen LogP contribution in [0.3, 0.4) is 0 Å². The first kappa shape index (κ1) is 29.9. The van der Waals surface area contributed by atoms with Gasteiger partial charge in [0.15, 0.2) is 0 Å². The van der Waals surface area contributed by atoms with Gasteiger partial charge in [0, 0.05) is 47.7 Å². The molecule has 6 rings (SSSR count). The van der Waals surface area contributed by atoms with Gasteiger partial charge in [0.1, 0.15) is 0 Å². The number of rotatable bonds is 12. The average Bonchev–Trinajstić information content (AvgIpc) is 3.45. The third-order valence-corrected chi connectivity index (χ3v) is 11.5. The van der Waals surface area contributed by atoms with Crippen molar-refractivity contribution in [3.05, 3.63) is 64.7 Å². The van der Waals surface area contributed by atoms with Crippen LogP contribution in [0.4, 0.5) is 5.69 Å². The Bertz CT molecular complexity index is 1000. The van der Waals surface area contributed by atoms with E-state index in [1.807, 2.05) is 12.1 Å². The summed E-state index contributed by atoms with van der Waals surface area (Å²) < 4.78 is 0. The van der Waals surface area contributed by atoms with E-state index in [9.17, 15) is 0 Å². The van der Waals surface area contributed by atoms with E-state index in [0.717, 1.165) is 34.4 Å². The summed E-state index contributed by atoms with van der Waals surface area (Å²) in [4.78, 5) is 5.36. The lowest BCUT2D eigenvalue weighted by atomic mass is 9.92. The minimum atomic E-state index is 0.394. The molecule has 0 amide bonds. The minimum Gasteiger partial charge on any atom is -0.399 e. The molecular formula is C36H54ClN3. The number of hydrogen-bond donors (Lipinski definition) is 1. The molecule has 4 atom stereocenters. The molecule has 0 radical (unpaired) electrons. The van der Waals surface area contributed by atoms with E-state index >= 15 is 0 Å². The summed E-state index contributed by atoms with van der Waals surface area (Å²) in [6, 6.07) is 17.1. The van der Waals surface area contributed by atoms with Gasteiger partial charge in [-0.15, -0.1) is 0 Å². The second-order valence-corrected chi connectivity index (χ2v) is 14.2. The van der Waals surface area contributed by atoms with Crippen LogP contribution < -0.4 is 5.73 Å². The molecule has 220 valence electrons. The van der Waals surface area contributed by atoms with Crippen LogP contribution >= 0.6 is 11.6 Å². The number of likely N-dealkylation sites (tertiary alicyclic amines) is 2. The van der Waals surface area contributed by atoms with Gasteiger partial charge in [-0.1, -0.05) is 102 Å². The van der Waals surface area contributed by atoms with Gasteiger partial charge in [0.2, 0.25) is 0 Å². The van der Waals surface area contributed by atoms with Crippen LogP contribution in [-0.2, 0) is 10.8 Å². The van der Waals surface area contributed by atoms with Crippen LogP contribution in [0.5, 0.6) is 0 Å². The molecule has 2 aliphatic carbocycles. The summed E-state index contributed by atoms with van der Waals surface area (Å²) in [6.45, 7) is 17.2. The molecule has 0 bridgehead atoms. The number of fused-ring (bicyclic) bond motifs is 2. The lowest BCUT2D eigenvalue weighted by Gasteiger charge is -2.24. The number of hydrogen-bond acceptors (Lipinski definition) is 3. The summed E-state index contributed by atoms with van der Waals surface area (Å²) >= 11 is 6.15. The van der Waals surface area contributed by atoms with Gasteiger partial charge in [-0.3, -0.25) is 0 Å². The molecule has 2 aliphatic heterocycles. The normalized spacial score (nSPS) is 32.3. The smallest absolute Gasteiger partial charge is 0.0408 e. The Morgan fingerprint density at radius 3 is 1.55 bits per heavy atom. The number of nitrogens with zero attached hydrogens (tertiary/aromatic N) is 2. The number of anilines is 1. The molecular weight excluding hydrogens is 510 g/mol. The maximum absolute atomic E-state index is 6.15. The molecule has 2 saturated carbocycles. The third-order valence-electron chi connectivity index (χ3n) is 11.3. The molecule has 0 spiro atoms. The van der Waals surface area contributed by atoms with Crippen molar-refractivity contribution in [3.63, 3.8) is 0 Å². The van der Waals surface area contributed by atoms with Gasteiger partial charge >= 0.3 is 0 Å². The zero-order chi connectivity index (χ0) is 28.3. The molecule has 2 aromatic carbocycles. The molecule has 0 aromatic heterocycles. The molecule has 2 N–H and O–H groups in total. The summed E-state index contributed by atoms with van der Waals surface area (Å²) in [5.41, 5.74) is 10.6. The fraction of sp³-hybridized carbons (Fsp3) is 0.667. The first-order valence-corrected chi connectivity index (χ1v) is 16.8. The quantitative estimate of drug-likeness (QED) is 0.208. The van der Waals surface area contributed by atoms with E-state index in [0.29, 0.717) is 10.8 Å². The van der Waals surface area contributed by atoms with Gasteiger partial charge in [0.25, 0.3) is 0 Å². The fourth-order valence-electron chi connectivity index (χ4n) is 8.37. The Labute approximate surface area is 249 Å². The van der Waals surface area contributed by atoms with Crippen LogP contribution in [0.15, 0.2) is 48.5 Å². The molecule has 2 aromatic rings. The predicted molar refractivity (Wildman–Crippen MR) is 172 cm³/mol. The Morgan fingerprint density at radius 1 is 0.675 bits per heavy atom. The average molecular weight is 564 g/mol. The highest BCUT2D eigenvalue weighted by atomic mass is 35.5. The van der Waals surface area contributed by atoms with Crippen molar-refractivity contribution in [2.75, 3.05) is 45.0 Å². The van der Waals surface area contributed by atoms with Crippen LogP contribution in [0.25, 0.3) is 0 Å². The van der Waals surface area contributed by atoms with Crippen molar-refractivity contribution in [3.8, 4) is 0 Å². The summed E-state index contributed by atoms with van der Waals surface area (Å²) in [6.07, 6.45) is 11.0. The molecule has 40 heavy (non-hydrogen) atoms. The maximum atomic E-state index is 6.15. The van der Waals surface area contributed by atoms with Gasteiger partial charge in [-0.25, -0.2) is 0 Å². The fourth-order valence-corrected chi connectivity index (χ4v) is 8.56. The Balaban J connectivity index is 0.000000161. The van der Waals surface area contributed by atoms with Gasteiger partial charge in [-0.2, -0.15) is 0 Å². The van der Waals surface area contributed by atoms with E-state index < -0.39 is 0 Å².